The molecule has 2 aliphatic heterocycles. The zero-order chi connectivity index (χ0) is 19.0. The molecule has 5 rings (SSSR count). The van der Waals surface area contributed by atoms with E-state index in [9.17, 15) is 0 Å². The van der Waals surface area contributed by atoms with Crippen LogP contribution in [0, 0.1) is 0 Å². The standard InChI is InChI=1S/C24H31NO3/c1-18(20-10-6-8-19-7-2-3-9-21(19)20)28-23-12-5-4-11-22(23)25-14-13-24(17-25)26-15-16-27-24/h2-3,6-10,18,22-23H,4-5,11-17H2,1H3/t18?,22-,23-/m0/s1. The van der Waals surface area contributed by atoms with Crippen molar-refractivity contribution in [3.05, 3.63) is 48.0 Å². The zero-order valence-corrected chi connectivity index (χ0v) is 16.8. The maximum atomic E-state index is 6.74. The average molecular weight is 382 g/mol. The van der Waals surface area contributed by atoms with Gasteiger partial charge in [0.25, 0.3) is 0 Å². The van der Waals surface area contributed by atoms with Gasteiger partial charge in [0.1, 0.15) is 0 Å². The third-order valence-electron chi connectivity index (χ3n) is 6.81. The molecule has 0 bridgehead atoms. The Kier molecular flexibility index (Phi) is 5.14. The van der Waals surface area contributed by atoms with Crippen LogP contribution in [0.15, 0.2) is 42.5 Å². The highest BCUT2D eigenvalue weighted by atomic mass is 16.7. The van der Waals surface area contributed by atoms with Crippen molar-refractivity contribution in [3.8, 4) is 0 Å². The number of fused-ring (bicyclic) bond motifs is 1. The molecular weight excluding hydrogens is 350 g/mol. The third-order valence-corrected chi connectivity index (χ3v) is 6.81. The molecule has 28 heavy (non-hydrogen) atoms. The minimum absolute atomic E-state index is 0.0900. The van der Waals surface area contributed by atoms with Crippen LogP contribution in [0.4, 0.5) is 0 Å². The number of ether oxygens (including phenoxy) is 3. The van der Waals surface area contributed by atoms with Gasteiger partial charge in [-0.05, 0) is 36.1 Å². The fourth-order valence-corrected chi connectivity index (χ4v) is 5.39. The van der Waals surface area contributed by atoms with Gasteiger partial charge in [-0.2, -0.15) is 0 Å². The predicted molar refractivity (Wildman–Crippen MR) is 110 cm³/mol. The van der Waals surface area contributed by atoms with Crippen LogP contribution in [0.3, 0.4) is 0 Å². The molecule has 2 heterocycles. The Morgan fingerprint density at radius 1 is 1.04 bits per heavy atom. The molecule has 1 spiro atoms. The molecular formula is C24H31NO3. The van der Waals surface area contributed by atoms with Crippen molar-refractivity contribution in [1.29, 1.82) is 0 Å². The van der Waals surface area contributed by atoms with Gasteiger partial charge in [0.15, 0.2) is 5.79 Å². The lowest BCUT2D eigenvalue weighted by molar-refractivity contribution is -0.151. The van der Waals surface area contributed by atoms with Gasteiger partial charge in [-0.3, -0.25) is 4.90 Å². The number of nitrogens with zero attached hydrogens (tertiary/aromatic N) is 1. The minimum atomic E-state index is -0.344. The summed E-state index contributed by atoms with van der Waals surface area (Å²) >= 11 is 0. The van der Waals surface area contributed by atoms with Crippen LogP contribution in [0.5, 0.6) is 0 Å². The average Bonchev–Trinajstić information content (AvgIpc) is 3.38. The molecule has 1 unspecified atom stereocenters. The maximum absolute atomic E-state index is 6.74. The lowest BCUT2D eigenvalue weighted by Crippen LogP contribution is -2.47. The van der Waals surface area contributed by atoms with Crippen LogP contribution in [-0.2, 0) is 14.2 Å². The molecule has 0 amide bonds. The van der Waals surface area contributed by atoms with Crippen LogP contribution in [0.25, 0.3) is 10.8 Å². The zero-order valence-electron chi connectivity index (χ0n) is 16.8. The first-order chi connectivity index (χ1) is 13.7. The van der Waals surface area contributed by atoms with Crippen LogP contribution in [0.2, 0.25) is 0 Å². The SMILES string of the molecule is CC(O[C@H]1CCCC[C@@H]1N1CCC2(C1)OCCO2)c1cccc2ccccc12. The molecule has 2 aromatic carbocycles. The molecule has 1 saturated carbocycles. The van der Waals surface area contributed by atoms with Gasteiger partial charge >= 0.3 is 0 Å². The molecule has 3 atom stereocenters. The fraction of sp³-hybridized carbons (Fsp3) is 0.583. The van der Waals surface area contributed by atoms with E-state index < -0.39 is 0 Å². The van der Waals surface area contributed by atoms with Crippen molar-refractivity contribution in [2.24, 2.45) is 0 Å². The Balaban J connectivity index is 1.33. The molecule has 0 aromatic heterocycles. The van der Waals surface area contributed by atoms with Crippen LogP contribution >= 0.6 is 0 Å². The van der Waals surface area contributed by atoms with E-state index >= 15 is 0 Å². The van der Waals surface area contributed by atoms with Gasteiger partial charge in [-0.1, -0.05) is 55.3 Å². The second-order valence-corrected chi connectivity index (χ2v) is 8.57. The molecule has 3 aliphatic rings. The first kappa shape index (κ1) is 18.6. The molecule has 0 radical (unpaired) electrons. The highest BCUT2D eigenvalue weighted by Gasteiger charge is 2.47. The van der Waals surface area contributed by atoms with E-state index in [1.807, 2.05) is 0 Å². The summed E-state index contributed by atoms with van der Waals surface area (Å²) in [5.74, 6) is -0.344. The smallest absolute Gasteiger partial charge is 0.182 e. The largest absolute Gasteiger partial charge is 0.369 e. The number of benzene rings is 2. The Hall–Kier alpha value is -1.46. The monoisotopic (exact) mass is 381 g/mol. The van der Waals surface area contributed by atoms with Gasteiger partial charge < -0.3 is 14.2 Å². The summed E-state index contributed by atoms with van der Waals surface area (Å²) in [6.45, 7) is 5.61. The molecule has 2 saturated heterocycles. The summed E-state index contributed by atoms with van der Waals surface area (Å²) in [6, 6.07) is 15.6. The van der Waals surface area contributed by atoms with Gasteiger partial charge in [0.05, 0.1) is 32.0 Å². The Morgan fingerprint density at radius 3 is 2.71 bits per heavy atom. The van der Waals surface area contributed by atoms with Crippen LogP contribution in [-0.4, -0.2) is 49.1 Å². The van der Waals surface area contributed by atoms with Gasteiger partial charge in [-0.15, -0.1) is 0 Å². The summed E-state index contributed by atoms with van der Waals surface area (Å²) in [6.07, 6.45) is 6.25. The van der Waals surface area contributed by atoms with Crippen molar-refractivity contribution in [2.75, 3.05) is 26.3 Å². The molecule has 3 fully saturated rings. The minimum Gasteiger partial charge on any atom is -0.369 e. The predicted octanol–water partition coefficient (Wildman–Crippen LogP) is 4.68. The topological polar surface area (TPSA) is 30.9 Å². The van der Waals surface area contributed by atoms with E-state index in [-0.39, 0.29) is 18.0 Å². The van der Waals surface area contributed by atoms with E-state index in [1.54, 1.807) is 0 Å². The lowest BCUT2D eigenvalue weighted by Gasteiger charge is -2.39. The second-order valence-electron chi connectivity index (χ2n) is 8.57. The molecule has 1 aliphatic carbocycles. The van der Waals surface area contributed by atoms with E-state index in [0.29, 0.717) is 6.04 Å². The highest BCUT2D eigenvalue weighted by Crippen LogP contribution is 2.37. The van der Waals surface area contributed by atoms with Crippen molar-refractivity contribution in [1.82, 2.24) is 4.90 Å². The van der Waals surface area contributed by atoms with Crippen LogP contribution < -0.4 is 0 Å². The first-order valence-electron chi connectivity index (χ1n) is 10.9. The summed E-state index contributed by atoms with van der Waals surface area (Å²) in [5, 5.41) is 2.59. The van der Waals surface area contributed by atoms with E-state index in [0.717, 1.165) is 39.1 Å². The molecule has 4 nitrogen and oxygen atoms in total. The normalized spacial score (nSPS) is 28.9. The first-order valence-corrected chi connectivity index (χ1v) is 10.9. The van der Waals surface area contributed by atoms with Crippen molar-refractivity contribution in [2.45, 2.75) is 63.1 Å². The summed E-state index contributed by atoms with van der Waals surface area (Å²) in [7, 11) is 0. The summed E-state index contributed by atoms with van der Waals surface area (Å²) < 4.78 is 18.6. The molecule has 0 N–H and O–H groups in total. The molecule has 150 valence electrons. The van der Waals surface area contributed by atoms with E-state index in [4.69, 9.17) is 14.2 Å². The van der Waals surface area contributed by atoms with Crippen molar-refractivity contribution >= 4 is 10.8 Å². The van der Waals surface area contributed by atoms with Gasteiger partial charge in [0.2, 0.25) is 0 Å². The highest BCUT2D eigenvalue weighted by molar-refractivity contribution is 5.85. The second kappa shape index (κ2) is 7.75. The molecule has 2 aromatic rings. The third kappa shape index (κ3) is 3.48. The van der Waals surface area contributed by atoms with Crippen molar-refractivity contribution < 1.29 is 14.2 Å². The fourth-order valence-electron chi connectivity index (χ4n) is 5.39. The lowest BCUT2D eigenvalue weighted by atomic mass is 9.91. The summed E-state index contributed by atoms with van der Waals surface area (Å²) in [5.41, 5.74) is 1.29. The van der Waals surface area contributed by atoms with E-state index in [1.165, 1.54) is 35.6 Å². The van der Waals surface area contributed by atoms with E-state index in [2.05, 4.69) is 54.3 Å². The quantitative estimate of drug-likeness (QED) is 0.770. The Bertz CT molecular complexity index is 811. The Morgan fingerprint density at radius 2 is 1.82 bits per heavy atom. The summed E-state index contributed by atoms with van der Waals surface area (Å²) in [4.78, 5) is 2.57. The number of hydrogen-bond donors (Lipinski definition) is 0. The number of likely N-dealkylation sites (tertiary alicyclic amines) is 1. The van der Waals surface area contributed by atoms with Crippen LogP contribution in [0.1, 0.15) is 50.7 Å². The maximum Gasteiger partial charge on any atom is 0.182 e. The number of hydrogen-bond acceptors (Lipinski definition) is 4. The Labute approximate surface area is 167 Å². The van der Waals surface area contributed by atoms with Gasteiger partial charge in [-0.25, -0.2) is 0 Å². The van der Waals surface area contributed by atoms with Gasteiger partial charge in [0, 0.05) is 19.0 Å². The molecule has 4 heteroatoms. The van der Waals surface area contributed by atoms with Crippen molar-refractivity contribution in [3.63, 3.8) is 0 Å². The number of rotatable bonds is 4.